The molecule has 0 fully saturated rings. The predicted octanol–water partition coefficient (Wildman–Crippen LogP) is 4.45. The molecule has 3 rings (SSSR count). The fourth-order valence-electron chi connectivity index (χ4n) is 2.14. The lowest BCUT2D eigenvalue weighted by Gasteiger charge is -2.04. The van der Waals surface area contributed by atoms with Gasteiger partial charge < -0.3 is 9.84 Å². The minimum Gasteiger partial charge on any atom is -0.355 e. The number of aromatic nitrogens is 1. The van der Waals surface area contributed by atoms with Gasteiger partial charge in [0, 0.05) is 27.9 Å². The number of nitrogens with zero attached hydrogens (tertiary/aromatic N) is 1. The van der Waals surface area contributed by atoms with Crippen LogP contribution in [0.25, 0.3) is 11.3 Å². The van der Waals surface area contributed by atoms with Crippen molar-refractivity contribution in [1.29, 1.82) is 0 Å². The number of anilines is 1. The maximum Gasteiger partial charge on any atom is 0.277 e. The van der Waals surface area contributed by atoms with E-state index in [1.54, 1.807) is 54.6 Å². The molecule has 0 aliphatic carbocycles. The van der Waals surface area contributed by atoms with Crippen LogP contribution in [-0.2, 0) is 0 Å². The first kappa shape index (κ1) is 16.0. The molecule has 0 radical (unpaired) electrons. The van der Waals surface area contributed by atoms with Crippen molar-refractivity contribution in [3.8, 4) is 11.3 Å². The molecule has 0 saturated heterocycles. The molecule has 3 aromatic rings. The standard InChI is InChI=1S/C18H13ClN2O3/c1-11(22)13-3-2-4-15(9-13)20-18(23)16-10-17(24-21-16)12-5-7-14(19)8-6-12/h2-10H,1H3,(H,20,23). The van der Waals surface area contributed by atoms with E-state index in [0.29, 0.717) is 22.0 Å². The molecular formula is C18H13ClN2O3. The molecule has 0 atom stereocenters. The van der Waals surface area contributed by atoms with Crippen LogP contribution in [0.4, 0.5) is 5.69 Å². The third-order valence-corrected chi connectivity index (χ3v) is 3.65. The maximum absolute atomic E-state index is 12.3. The smallest absolute Gasteiger partial charge is 0.277 e. The van der Waals surface area contributed by atoms with Crippen LogP contribution in [0, 0.1) is 0 Å². The van der Waals surface area contributed by atoms with E-state index in [1.807, 2.05) is 0 Å². The first-order valence-corrected chi connectivity index (χ1v) is 7.56. The summed E-state index contributed by atoms with van der Waals surface area (Å²) in [6, 6.07) is 15.3. The number of carbonyl (C=O) groups is 2. The summed E-state index contributed by atoms with van der Waals surface area (Å²) < 4.78 is 5.20. The second kappa shape index (κ2) is 6.68. The number of ketones is 1. The molecule has 6 heteroatoms. The SMILES string of the molecule is CC(=O)c1cccc(NC(=O)c2cc(-c3ccc(Cl)cc3)on2)c1. The van der Waals surface area contributed by atoms with Gasteiger partial charge in [0.2, 0.25) is 0 Å². The Morgan fingerprint density at radius 1 is 1.08 bits per heavy atom. The summed E-state index contributed by atoms with van der Waals surface area (Å²) in [4.78, 5) is 23.6. The van der Waals surface area contributed by atoms with E-state index in [1.165, 1.54) is 6.92 Å². The Morgan fingerprint density at radius 3 is 2.54 bits per heavy atom. The number of Topliss-reactive ketones (excluding diaryl/α,β-unsaturated/α-hetero) is 1. The van der Waals surface area contributed by atoms with Crippen LogP contribution < -0.4 is 5.32 Å². The summed E-state index contributed by atoms with van der Waals surface area (Å²) in [5.41, 5.74) is 1.95. The topological polar surface area (TPSA) is 72.2 Å². The molecule has 0 aliphatic rings. The lowest BCUT2D eigenvalue weighted by atomic mass is 10.1. The second-order valence-corrected chi connectivity index (χ2v) is 5.61. The molecule has 0 spiro atoms. The number of rotatable bonds is 4. The zero-order valence-electron chi connectivity index (χ0n) is 12.7. The highest BCUT2D eigenvalue weighted by molar-refractivity contribution is 6.30. The number of carbonyl (C=O) groups excluding carboxylic acids is 2. The van der Waals surface area contributed by atoms with E-state index < -0.39 is 5.91 Å². The normalized spacial score (nSPS) is 10.4. The predicted molar refractivity (Wildman–Crippen MR) is 91.3 cm³/mol. The molecule has 5 nitrogen and oxygen atoms in total. The van der Waals surface area contributed by atoms with Gasteiger partial charge in [-0.05, 0) is 43.3 Å². The molecule has 1 aromatic heterocycles. The van der Waals surface area contributed by atoms with E-state index in [4.69, 9.17) is 16.1 Å². The van der Waals surface area contributed by atoms with Crippen LogP contribution in [0.1, 0.15) is 27.8 Å². The van der Waals surface area contributed by atoms with Gasteiger partial charge in [-0.1, -0.05) is 28.9 Å². The molecule has 1 amide bonds. The average Bonchev–Trinajstić information content (AvgIpc) is 3.06. The van der Waals surface area contributed by atoms with Gasteiger partial charge in [0.15, 0.2) is 17.2 Å². The Hall–Kier alpha value is -2.92. The lowest BCUT2D eigenvalue weighted by Crippen LogP contribution is -2.12. The Labute approximate surface area is 143 Å². The number of nitrogens with one attached hydrogen (secondary N) is 1. The number of amides is 1. The average molecular weight is 341 g/mol. The van der Waals surface area contributed by atoms with E-state index in [0.717, 1.165) is 5.56 Å². The molecule has 24 heavy (non-hydrogen) atoms. The minimum absolute atomic E-state index is 0.0717. The van der Waals surface area contributed by atoms with Crippen molar-refractivity contribution >= 4 is 29.0 Å². The molecule has 120 valence electrons. The van der Waals surface area contributed by atoms with Crippen molar-refractivity contribution in [3.63, 3.8) is 0 Å². The van der Waals surface area contributed by atoms with Gasteiger partial charge in [0.05, 0.1) is 0 Å². The van der Waals surface area contributed by atoms with Gasteiger partial charge >= 0.3 is 0 Å². The summed E-state index contributed by atoms with van der Waals surface area (Å²) in [6.45, 7) is 1.47. The van der Waals surface area contributed by atoms with E-state index >= 15 is 0 Å². The van der Waals surface area contributed by atoms with E-state index in [-0.39, 0.29) is 11.5 Å². The third kappa shape index (κ3) is 3.52. The van der Waals surface area contributed by atoms with Crippen molar-refractivity contribution in [2.24, 2.45) is 0 Å². The van der Waals surface area contributed by atoms with Gasteiger partial charge in [0.25, 0.3) is 5.91 Å². The summed E-state index contributed by atoms with van der Waals surface area (Å²) >= 11 is 5.85. The zero-order chi connectivity index (χ0) is 17.1. The van der Waals surface area contributed by atoms with Crippen molar-refractivity contribution in [3.05, 3.63) is 70.9 Å². The zero-order valence-corrected chi connectivity index (χ0v) is 13.5. The lowest BCUT2D eigenvalue weighted by molar-refractivity contribution is 0.100. The number of halogens is 1. The Balaban J connectivity index is 1.77. The highest BCUT2D eigenvalue weighted by Crippen LogP contribution is 2.22. The number of benzene rings is 2. The first-order valence-electron chi connectivity index (χ1n) is 7.18. The van der Waals surface area contributed by atoms with Crippen molar-refractivity contribution in [1.82, 2.24) is 5.16 Å². The minimum atomic E-state index is -0.417. The largest absolute Gasteiger partial charge is 0.355 e. The van der Waals surface area contributed by atoms with E-state index in [2.05, 4.69) is 10.5 Å². The van der Waals surface area contributed by atoms with Crippen LogP contribution >= 0.6 is 11.6 Å². The fraction of sp³-hybridized carbons (Fsp3) is 0.0556. The molecule has 1 heterocycles. The van der Waals surface area contributed by atoms with E-state index in [9.17, 15) is 9.59 Å². The number of hydrogen-bond donors (Lipinski definition) is 1. The molecular weight excluding hydrogens is 328 g/mol. The summed E-state index contributed by atoms with van der Waals surface area (Å²) in [6.07, 6.45) is 0. The van der Waals surface area contributed by atoms with Gasteiger partial charge in [-0.2, -0.15) is 0 Å². The molecule has 0 unspecified atom stereocenters. The second-order valence-electron chi connectivity index (χ2n) is 5.17. The Bertz CT molecular complexity index is 901. The van der Waals surface area contributed by atoms with Crippen LogP contribution in [-0.4, -0.2) is 16.8 Å². The van der Waals surface area contributed by atoms with Crippen LogP contribution in [0.3, 0.4) is 0 Å². The summed E-state index contributed by atoms with van der Waals surface area (Å²) in [5.74, 6) is -0.0217. The van der Waals surface area contributed by atoms with Crippen LogP contribution in [0.5, 0.6) is 0 Å². The Morgan fingerprint density at radius 2 is 1.83 bits per heavy atom. The fourth-order valence-corrected chi connectivity index (χ4v) is 2.27. The molecule has 0 bridgehead atoms. The summed E-state index contributed by atoms with van der Waals surface area (Å²) in [7, 11) is 0. The van der Waals surface area contributed by atoms with Crippen LogP contribution in [0.15, 0.2) is 59.1 Å². The quantitative estimate of drug-likeness (QED) is 0.712. The molecule has 0 aliphatic heterocycles. The highest BCUT2D eigenvalue weighted by Gasteiger charge is 2.14. The third-order valence-electron chi connectivity index (χ3n) is 3.40. The van der Waals surface area contributed by atoms with Gasteiger partial charge in [0.1, 0.15) is 0 Å². The van der Waals surface area contributed by atoms with Crippen molar-refractivity contribution in [2.45, 2.75) is 6.92 Å². The highest BCUT2D eigenvalue weighted by atomic mass is 35.5. The van der Waals surface area contributed by atoms with Gasteiger partial charge in [-0.3, -0.25) is 9.59 Å². The first-order chi connectivity index (χ1) is 11.5. The van der Waals surface area contributed by atoms with Crippen LogP contribution in [0.2, 0.25) is 5.02 Å². The summed E-state index contributed by atoms with van der Waals surface area (Å²) in [5, 5.41) is 7.09. The Kier molecular flexibility index (Phi) is 4.44. The molecule has 1 N–H and O–H groups in total. The monoisotopic (exact) mass is 340 g/mol. The van der Waals surface area contributed by atoms with Crippen molar-refractivity contribution < 1.29 is 14.1 Å². The van der Waals surface area contributed by atoms with Crippen molar-refractivity contribution in [2.75, 3.05) is 5.32 Å². The van der Waals surface area contributed by atoms with Gasteiger partial charge in [-0.25, -0.2) is 0 Å². The van der Waals surface area contributed by atoms with Gasteiger partial charge in [-0.15, -0.1) is 0 Å². The maximum atomic E-state index is 12.3. The number of hydrogen-bond acceptors (Lipinski definition) is 4. The molecule has 0 saturated carbocycles. The molecule has 2 aromatic carbocycles.